The van der Waals surface area contributed by atoms with E-state index in [0.717, 1.165) is 18.4 Å². The van der Waals surface area contributed by atoms with Crippen LogP contribution in [0.15, 0.2) is 24.3 Å². The molecule has 0 saturated carbocycles. The van der Waals surface area contributed by atoms with Crippen LogP contribution in [0, 0.1) is 11.2 Å². The van der Waals surface area contributed by atoms with Crippen LogP contribution < -0.4 is 5.32 Å². The topological polar surface area (TPSA) is 12.0 Å². The van der Waals surface area contributed by atoms with Gasteiger partial charge in [0.25, 0.3) is 0 Å². The van der Waals surface area contributed by atoms with Crippen LogP contribution >= 0.6 is 0 Å². The number of hydrogen-bond acceptors (Lipinski definition) is 1. The van der Waals surface area contributed by atoms with Crippen LogP contribution in [0.3, 0.4) is 0 Å². The molecule has 1 N–H and O–H groups in total. The molecule has 1 aromatic rings. The molecule has 1 rings (SSSR count). The van der Waals surface area contributed by atoms with E-state index in [4.69, 9.17) is 0 Å². The molecule has 16 heavy (non-hydrogen) atoms. The number of nitrogens with one attached hydrogen (secondary N) is 1. The SMILES string of the molecule is CCC(C)(C)C(Cc1ccccc1F)NC. The average Bonchev–Trinajstić information content (AvgIpc) is 2.27. The maximum atomic E-state index is 13.6. The molecule has 0 amide bonds. The quantitative estimate of drug-likeness (QED) is 0.806. The summed E-state index contributed by atoms with van der Waals surface area (Å²) < 4.78 is 13.6. The molecule has 0 heterocycles. The second-order valence-corrected chi connectivity index (χ2v) is 4.98. The van der Waals surface area contributed by atoms with Gasteiger partial charge >= 0.3 is 0 Å². The fraction of sp³-hybridized carbons (Fsp3) is 0.571. The number of benzene rings is 1. The largest absolute Gasteiger partial charge is 0.316 e. The number of rotatable bonds is 5. The number of likely N-dealkylation sites (N-methyl/N-ethyl adjacent to an activating group) is 1. The molecule has 2 heteroatoms. The first-order valence-corrected chi connectivity index (χ1v) is 5.92. The van der Waals surface area contributed by atoms with E-state index in [9.17, 15) is 4.39 Å². The molecule has 0 bridgehead atoms. The van der Waals surface area contributed by atoms with Crippen LogP contribution in [0.4, 0.5) is 4.39 Å². The minimum Gasteiger partial charge on any atom is -0.316 e. The van der Waals surface area contributed by atoms with Crippen LogP contribution in [0.25, 0.3) is 0 Å². The summed E-state index contributed by atoms with van der Waals surface area (Å²) in [5, 5.41) is 3.30. The third-order valence-electron chi connectivity index (χ3n) is 3.58. The van der Waals surface area contributed by atoms with Gasteiger partial charge in [-0.15, -0.1) is 0 Å². The van der Waals surface area contributed by atoms with Crippen molar-refractivity contribution in [3.05, 3.63) is 35.6 Å². The van der Waals surface area contributed by atoms with Crippen molar-refractivity contribution in [2.75, 3.05) is 7.05 Å². The average molecular weight is 223 g/mol. The van der Waals surface area contributed by atoms with E-state index in [1.54, 1.807) is 6.07 Å². The Morgan fingerprint density at radius 3 is 2.44 bits per heavy atom. The van der Waals surface area contributed by atoms with Gasteiger partial charge in [-0.1, -0.05) is 39.0 Å². The molecule has 0 aliphatic carbocycles. The summed E-state index contributed by atoms with van der Waals surface area (Å²) in [5.74, 6) is -0.102. The summed E-state index contributed by atoms with van der Waals surface area (Å²) in [7, 11) is 1.95. The zero-order valence-electron chi connectivity index (χ0n) is 10.7. The fourth-order valence-corrected chi connectivity index (χ4v) is 1.90. The first-order valence-electron chi connectivity index (χ1n) is 5.92. The van der Waals surface area contributed by atoms with Crippen molar-refractivity contribution in [2.24, 2.45) is 5.41 Å². The molecule has 0 aromatic heterocycles. The highest BCUT2D eigenvalue weighted by Crippen LogP contribution is 2.27. The first kappa shape index (κ1) is 13.2. The van der Waals surface area contributed by atoms with Crippen LogP contribution in [0.2, 0.25) is 0 Å². The normalized spacial score (nSPS) is 13.8. The first-order chi connectivity index (χ1) is 7.51. The molecule has 1 atom stereocenters. The highest BCUT2D eigenvalue weighted by molar-refractivity contribution is 5.19. The van der Waals surface area contributed by atoms with E-state index in [1.807, 2.05) is 19.2 Å². The molecule has 0 saturated heterocycles. The van der Waals surface area contributed by atoms with Crippen LogP contribution in [-0.4, -0.2) is 13.1 Å². The Morgan fingerprint density at radius 1 is 1.31 bits per heavy atom. The third-order valence-corrected chi connectivity index (χ3v) is 3.58. The maximum Gasteiger partial charge on any atom is 0.126 e. The lowest BCUT2D eigenvalue weighted by atomic mass is 9.79. The van der Waals surface area contributed by atoms with Gasteiger partial charge < -0.3 is 5.32 Å². The maximum absolute atomic E-state index is 13.6. The van der Waals surface area contributed by atoms with Crippen LogP contribution in [0.1, 0.15) is 32.8 Å². The van der Waals surface area contributed by atoms with E-state index in [2.05, 4.69) is 26.1 Å². The smallest absolute Gasteiger partial charge is 0.126 e. The molecule has 0 fully saturated rings. The Bertz CT molecular complexity index is 333. The van der Waals surface area contributed by atoms with Gasteiger partial charge in [0.05, 0.1) is 0 Å². The van der Waals surface area contributed by atoms with Crippen LogP contribution in [-0.2, 0) is 6.42 Å². The van der Waals surface area contributed by atoms with Crippen molar-refractivity contribution in [2.45, 2.75) is 39.7 Å². The molecule has 0 radical (unpaired) electrons. The van der Waals surface area contributed by atoms with Gasteiger partial charge in [-0.2, -0.15) is 0 Å². The molecule has 0 aliphatic heterocycles. The van der Waals surface area contributed by atoms with E-state index in [1.165, 1.54) is 6.07 Å². The van der Waals surface area contributed by atoms with Gasteiger partial charge in [0, 0.05) is 6.04 Å². The predicted molar refractivity (Wildman–Crippen MR) is 67.0 cm³/mol. The summed E-state index contributed by atoms with van der Waals surface area (Å²) in [6.45, 7) is 6.61. The summed E-state index contributed by atoms with van der Waals surface area (Å²) in [6.07, 6.45) is 1.82. The summed E-state index contributed by atoms with van der Waals surface area (Å²) >= 11 is 0. The van der Waals surface area contributed by atoms with Gasteiger partial charge in [-0.05, 0) is 36.9 Å². The van der Waals surface area contributed by atoms with Gasteiger partial charge in [-0.3, -0.25) is 0 Å². The van der Waals surface area contributed by atoms with Crippen molar-refractivity contribution >= 4 is 0 Å². The molecular weight excluding hydrogens is 201 g/mol. The zero-order chi connectivity index (χ0) is 12.2. The Kier molecular flexibility index (Phi) is 4.48. The molecule has 0 spiro atoms. The van der Waals surface area contributed by atoms with Gasteiger partial charge in [0.15, 0.2) is 0 Å². The monoisotopic (exact) mass is 223 g/mol. The fourth-order valence-electron chi connectivity index (χ4n) is 1.90. The van der Waals surface area contributed by atoms with Crippen molar-refractivity contribution in [3.63, 3.8) is 0 Å². The molecule has 1 aromatic carbocycles. The Hall–Kier alpha value is -0.890. The van der Waals surface area contributed by atoms with Crippen molar-refractivity contribution in [3.8, 4) is 0 Å². The van der Waals surface area contributed by atoms with Gasteiger partial charge in [-0.25, -0.2) is 4.39 Å². The lowest BCUT2D eigenvalue weighted by Gasteiger charge is -2.33. The third kappa shape index (κ3) is 3.05. The van der Waals surface area contributed by atoms with E-state index in [0.29, 0.717) is 6.04 Å². The second-order valence-electron chi connectivity index (χ2n) is 4.98. The number of hydrogen-bond donors (Lipinski definition) is 1. The summed E-state index contributed by atoms with van der Waals surface area (Å²) in [5.41, 5.74) is 0.972. The highest BCUT2D eigenvalue weighted by Gasteiger charge is 2.26. The molecular formula is C14H22FN. The minimum atomic E-state index is -0.102. The van der Waals surface area contributed by atoms with Crippen molar-refractivity contribution in [1.82, 2.24) is 5.32 Å². The molecule has 0 aliphatic rings. The van der Waals surface area contributed by atoms with Gasteiger partial charge in [0.1, 0.15) is 5.82 Å². The second kappa shape index (κ2) is 5.44. The Balaban J connectivity index is 2.82. The summed E-state index contributed by atoms with van der Waals surface area (Å²) in [6, 6.07) is 7.32. The van der Waals surface area contributed by atoms with Crippen LogP contribution in [0.5, 0.6) is 0 Å². The van der Waals surface area contributed by atoms with E-state index >= 15 is 0 Å². The minimum absolute atomic E-state index is 0.102. The number of halogens is 1. The molecule has 90 valence electrons. The lowest BCUT2D eigenvalue weighted by Crippen LogP contribution is -2.41. The van der Waals surface area contributed by atoms with Crippen molar-refractivity contribution in [1.29, 1.82) is 0 Å². The summed E-state index contributed by atoms with van der Waals surface area (Å²) in [4.78, 5) is 0. The Labute approximate surface area is 98.1 Å². The highest BCUT2D eigenvalue weighted by atomic mass is 19.1. The van der Waals surface area contributed by atoms with E-state index < -0.39 is 0 Å². The zero-order valence-corrected chi connectivity index (χ0v) is 10.7. The van der Waals surface area contributed by atoms with Crippen molar-refractivity contribution < 1.29 is 4.39 Å². The van der Waals surface area contributed by atoms with Gasteiger partial charge in [0.2, 0.25) is 0 Å². The Morgan fingerprint density at radius 2 is 1.94 bits per heavy atom. The lowest BCUT2D eigenvalue weighted by molar-refractivity contribution is 0.239. The molecule has 1 unspecified atom stereocenters. The van der Waals surface area contributed by atoms with E-state index in [-0.39, 0.29) is 11.2 Å². The standard InChI is InChI=1S/C14H22FN/c1-5-14(2,3)13(16-4)10-11-8-6-7-9-12(11)15/h6-9,13,16H,5,10H2,1-4H3. The predicted octanol–water partition coefficient (Wildman–Crippen LogP) is 3.39. The molecule has 1 nitrogen and oxygen atoms in total.